The number of anilines is 1. The van der Waals surface area contributed by atoms with Crippen LogP contribution in [0, 0.1) is 0 Å². The van der Waals surface area contributed by atoms with Gasteiger partial charge in [-0.25, -0.2) is 0 Å². The smallest absolute Gasteiger partial charge is 0.141 e. The number of benzene rings is 2. The predicted molar refractivity (Wildman–Crippen MR) is 79.9 cm³/mol. The summed E-state index contributed by atoms with van der Waals surface area (Å²) >= 11 is 5.90. The molecule has 19 heavy (non-hydrogen) atoms. The summed E-state index contributed by atoms with van der Waals surface area (Å²) in [5.41, 5.74) is 7.87. The van der Waals surface area contributed by atoms with Crippen LogP contribution in [0.25, 0.3) is 0 Å². The highest BCUT2D eigenvalue weighted by molar-refractivity contribution is 6.30. The number of nitrogens with one attached hydrogen (secondary N) is 1. The summed E-state index contributed by atoms with van der Waals surface area (Å²) in [6.07, 6.45) is 0. The summed E-state index contributed by atoms with van der Waals surface area (Å²) in [6, 6.07) is 15.5. The summed E-state index contributed by atoms with van der Waals surface area (Å²) in [6.45, 7) is 0.486. The highest BCUT2D eigenvalue weighted by Crippen LogP contribution is 2.27. The lowest BCUT2D eigenvalue weighted by Crippen LogP contribution is -2.20. The fourth-order valence-electron chi connectivity index (χ4n) is 1.93. The average molecular weight is 277 g/mol. The molecule has 0 fully saturated rings. The van der Waals surface area contributed by atoms with E-state index in [1.165, 1.54) is 0 Å². The summed E-state index contributed by atoms with van der Waals surface area (Å²) in [5.74, 6) is 0.801. The molecule has 0 bridgehead atoms. The Morgan fingerprint density at radius 3 is 2.47 bits per heavy atom. The van der Waals surface area contributed by atoms with E-state index in [1.807, 2.05) is 48.5 Å². The largest absolute Gasteiger partial charge is 0.495 e. The number of rotatable bonds is 5. The highest BCUT2D eigenvalue weighted by atomic mass is 35.5. The summed E-state index contributed by atoms with van der Waals surface area (Å²) in [4.78, 5) is 0. The molecule has 0 aliphatic carbocycles. The first-order valence-corrected chi connectivity index (χ1v) is 6.47. The Kier molecular flexibility index (Phi) is 4.66. The van der Waals surface area contributed by atoms with E-state index in [2.05, 4.69) is 5.32 Å². The van der Waals surface area contributed by atoms with Crippen molar-refractivity contribution >= 4 is 17.3 Å². The first-order valence-electron chi connectivity index (χ1n) is 6.09. The molecule has 0 saturated heterocycles. The second-order valence-corrected chi connectivity index (χ2v) is 4.62. The Morgan fingerprint density at radius 2 is 1.84 bits per heavy atom. The van der Waals surface area contributed by atoms with Crippen LogP contribution in [0.3, 0.4) is 0 Å². The fraction of sp³-hybridized carbons (Fsp3) is 0.200. The van der Waals surface area contributed by atoms with Crippen LogP contribution in [-0.4, -0.2) is 13.7 Å². The summed E-state index contributed by atoms with van der Waals surface area (Å²) in [7, 11) is 1.65. The molecule has 1 unspecified atom stereocenters. The third-order valence-electron chi connectivity index (χ3n) is 2.94. The lowest BCUT2D eigenvalue weighted by Gasteiger charge is -2.20. The zero-order valence-corrected chi connectivity index (χ0v) is 11.5. The van der Waals surface area contributed by atoms with E-state index in [0.29, 0.717) is 6.54 Å². The minimum atomic E-state index is 0.0218. The molecular weight excluding hydrogens is 260 g/mol. The van der Waals surface area contributed by atoms with Gasteiger partial charge < -0.3 is 15.8 Å². The summed E-state index contributed by atoms with van der Waals surface area (Å²) in [5, 5.41) is 4.11. The topological polar surface area (TPSA) is 47.3 Å². The Hall–Kier alpha value is -1.71. The number of hydrogen-bond acceptors (Lipinski definition) is 3. The van der Waals surface area contributed by atoms with Crippen molar-refractivity contribution in [2.24, 2.45) is 5.73 Å². The number of nitrogens with two attached hydrogens (primary N) is 1. The van der Waals surface area contributed by atoms with Gasteiger partial charge >= 0.3 is 0 Å². The number of para-hydroxylation sites is 2. The van der Waals surface area contributed by atoms with Gasteiger partial charge in [-0.2, -0.15) is 0 Å². The maximum atomic E-state index is 5.90. The molecule has 100 valence electrons. The van der Waals surface area contributed by atoms with E-state index in [1.54, 1.807) is 7.11 Å². The molecule has 0 heterocycles. The zero-order chi connectivity index (χ0) is 13.7. The van der Waals surface area contributed by atoms with Gasteiger partial charge in [0.2, 0.25) is 0 Å². The van der Waals surface area contributed by atoms with E-state index in [4.69, 9.17) is 22.1 Å². The predicted octanol–water partition coefficient (Wildman–Crippen LogP) is 3.46. The van der Waals surface area contributed by atoms with Crippen molar-refractivity contribution in [3.63, 3.8) is 0 Å². The molecule has 3 nitrogen and oxygen atoms in total. The monoisotopic (exact) mass is 276 g/mol. The average Bonchev–Trinajstić information content (AvgIpc) is 2.46. The summed E-state index contributed by atoms with van der Waals surface area (Å²) < 4.78 is 5.32. The quantitative estimate of drug-likeness (QED) is 0.879. The van der Waals surface area contributed by atoms with Crippen LogP contribution < -0.4 is 15.8 Å². The molecule has 2 aromatic rings. The maximum absolute atomic E-state index is 5.90. The third kappa shape index (κ3) is 3.40. The molecule has 0 aliphatic rings. The van der Waals surface area contributed by atoms with Crippen molar-refractivity contribution in [1.82, 2.24) is 0 Å². The molecule has 4 heteroatoms. The van der Waals surface area contributed by atoms with Crippen molar-refractivity contribution in [1.29, 1.82) is 0 Å². The van der Waals surface area contributed by atoms with Crippen molar-refractivity contribution in [3.8, 4) is 5.75 Å². The Labute approximate surface area is 118 Å². The van der Waals surface area contributed by atoms with Gasteiger partial charge in [-0.05, 0) is 29.8 Å². The normalized spacial score (nSPS) is 11.9. The Balaban J connectivity index is 2.21. The highest BCUT2D eigenvalue weighted by Gasteiger charge is 2.11. The number of ether oxygens (including phenoxy) is 1. The molecule has 0 aliphatic heterocycles. The minimum Gasteiger partial charge on any atom is -0.495 e. The molecule has 3 N–H and O–H groups in total. The Morgan fingerprint density at radius 1 is 1.16 bits per heavy atom. The van der Waals surface area contributed by atoms with Crippen molar-refractivity contribution in [2.45, 2.75) is 6.04 Å². The lowest BCUT2D eigenvalue weighted by atomic mass is 10.1. The van der Waals surface area contributed by atoms with Crippen LogP contribution >= 0.6 is 11.6 Å². The molecular formula is C15H17ClN2O. The van der Waals surface area contributed by atoms with Crippen LogP contribution in [0.5, 0.6) is 5.75 Å². The van der Waals surface area contributed by atoms with Gasteiger partial charge in [-0.15, -0.1) is 0 Å². The van der Waals surface area contributed by atoms with Crippen molar-refractivity contribution in [3.05, 3.63) is 59.1 Å². The molecule has 2 rings (SSSR count). The number of halogens is 1. The van der Waals surface area contributed by atoms with Crippen LogP contribution in [-0.2, 0) is 0 Å². The van der Waals surface area contributed by atoms with Crippen molar-refractivity contribution in [2.75, 3.05) is 19.0 Å². The van der Waals surface area contributed by atoms with Gasteiger partial charge in [0.25, 0.3) is 0 Å². The van der Waals surface area contributed by atoms with Gasteiger partial charge in [0, 0.05) is 11.6 Å². The fourth-order valence-corrected chi connectivity index (χ4v) is 2.05. The van der Waals surface area contributed by atoms with E-state index in [0.717, 1.165) is 22.0 Å². The second-order valence-electron chi connectivity index (χ2n) is 4.18. The van der Waals surface area contributed by atoms with Gasteiger partial charge in [0.05, 0.1) is 18.8 Å². The van der Waals surface area contributed by atoms with Crippen LogP contribution in [0.15, 0.2) is 48.5 Å². The molecule has 0 amide bonds. The molecule has 0 spiro atoms. The van der Waals surface area contributed by atoms with Gasteiger partial charge in [0.15, 0.2) is 0 Å². The standard InChI is InChI=1S/C15H17ClN2O/c1-19-15-5-3-2-4-13(15)18-14(10-17)11-6-8-12(16)9-7-11/h2-9,14,18H,10,17H2,1H3. The van der Waals surface area contributed by atoms with E-state index in [9.17, 15) is 0 Å². The lowest BCUT2D eigenvalue weighted by molar-refractivity contribution is 0.416. The van der Waals surface area contributed by atoms with E-state index >= 15 is 0 Å². The zero-order valence-electron chi connectivity index (χ0n) is 10.8. The first-order chi connectivity index (χ1) is 9.24. The molecule has 0 saturated carbocycles. The molecule has 0 radical (unpaired) electrons. The van der Waals surface area contributed by atoms with Crippen LogP contribution in [0.2, 0.25) is 5.02 Å². The molecule has 0 aromatic heterocycles. The van der Waals surface area contributed by atoms with E-state index < -0.39 is 0 Å². The molecule has 2 aromatic carbocycles. The number of methoxy groups -OCH3 is 1. The first kappa shape index (κ1) is 13.7. The van der Waals surface area contributed by atoms with Crippen molar-refractivity contribution < 1.29 is 4.74 Å². The van der Waals surface area contributed by atoms with Gasteiger partial charge in [0.1, 0.15) is 5.75 Å². The third-order valence-corrected chi connectivity index (χ3v) is 3.20. The SMILES string of the molecule is COc1ccccc1NC(CN)c1ccc(Cl)cc1. The minimum absolute atomic E-state index is 0.0218. The second kappa shape index (κ2) is 6.45. The van der Waals surface area contributed by atoms with Crippen LogP contribution in [0.4, 0.5) is 5.69 Å². The van der Waals surface area contributed by atoms with Gasteiger partial charge in [-0.3, -0.25) is 0 Å². The van der Waals surface area contributed by atoms with Gasteiger partial charge in [-0.1, -0.05) is 35.9 Å². The van der Waals surface area contributed by atoms with Crippen LogP contribution in [0.1, 0.15) is 11.6 Å². The number of hydrogen-bond donors (Lipinski definition) is 2. The van der Waals surface area contributed by atoms with E-state index in [-0.39, 0.29) is 6.04 Å². The Bertz CT molecular complexity index is 528. The maximum Gasteiger partial charge on any atom is 0.141 e. The molecule has 1 atom stereocenters.